The Balaban J connectivity index is 0.00000484. The van der Waals surface area contributed by atoms with Gasteiger partial charge in [0.1, 0.15) is 5.75 Å². The number of rotatable bonds is 7. The third-order valence-electron chi connectivity index (χ3n) is 3.21. The van der Waals surface area contributed by atoms with Crippen LogP contribution in [0.2, 0.25) is 5.02 Å². The molecule has 0 bridgehead atoms. The molecule has 1 unspecified atom stereocenters. The standard InChI is InChI=1S/C15H22ClN3O3.ClH/c1-9-6-12(13(22-3)7-11(9)16)19-14(20)4-5-18-15(21)10(2)8-17;/h6-7,10H,4-5,8,17H2,1-3H3,(H,18,21)(H,19,20);1H. The molecule has 0 aliphatic carbocycles. The minimum Gasteiger partial charge on any atom is -0.495 e. The van der Waals surface area contributed by atoms with Gasteiger partial charge in [-0.3, -0.25) is 9.59 Å². The number of hydrogen-bond acceptors (Lipinski definition) is 4. The molecule has 0 heterocycles. The van der Waals surface area contributed by atoms with E-state index in [-0.39, 0.29) is 49.6 Å². The van der Waals surface area contributed by atoms with Crippen molar-refractivity contribution < 1.29 is 14.3 Å². The van der Waals surface area contributed by atoms with Crippen LogP contribution < -0.4 is 21.1 Å². The number of methoxy groups -OCH3 is 1. The summed E-state index contributed by atoms with van der Waals surface area (Å²) in [5.74, 6) is -0.150. The fourth-order valence-corrected chi connectivity index (χ4v) is 1.88. The lowest BCUT2D eigenvalue weighted by atomic mass is 10.1. The van der Waals surface area contributed by atoms with Gasteiger partial charge in [0.25, 0.3) is 0 Å². The predicted molar refractivity (Wildman–Crippen MR) is 94.5 cm³/mol. The Bertz CT molecular complexity index is 553. The maximum Gasteiger partial charge on any atom is 0.226 e. The van der Waals surface area contributed by atoms with E-state index in [9.17, 15) is 9.59 Å². The van der Waals surface area contributed by atoms with E-state index in [0.717, 1.165) is 5.56 Å². The first-order valence-corrected chi connectivity index (χ1v) is 7.38. The molecule has 0 radical (unpaired) electrons. The van der Waals surface area contributed by atoms with Crippen LogP contribution in [-0.2, 0) is 9.59 Å². The number of hydrogen-bond donors (Lipinski definition) is 3. The van der Waals surface area contributed by atoms with Gasteiger partial charge in [-0.15, -0.1) is 12.4 Å². The van der Waals surface area contributed by atoms with Gasteiger partial charge < -0.3 is 21.1 Å². The van der Waals surface area contributed by atoms with Crippen LogP contribution in [-0.4, -0.2) is 32.0 Å². The van der Waals surface area contributed by atoms with E-state index in [0.29, 0.717) is 16.5 Å². The van der Waals surface area contributed by atoms with Gasteiger partial charge in [-0.05, 0) is 18.6 Å². The smallest absolute Gasteiger partial charge is 0.226 e. The highest BCUT2D eigenvalue weighted by Gasteiger charge is 2.12. The Morgan fingerprint density at radius 3 is 2.61 bits per heavy atom. The summed E-state index contributed by atoms with van der Waals surface area (Å²) in [6.07, 6.45) is 0.161. The number of anilines is 1. The van der Waals surface area contributed by atoms with Gasteiger partial charge in [0.15, 0.2) is 0 Å². The molecular formula is C15H23Cl2N3O3. The number of nitrogens with one attached hydrogen (secondary N) is 2. The van der Waals surface area contributed by atoms with E-state index in [2.05, 4.69) is 10.6 Å². The third-order valence-corrected chi connectivity index (χ3v) is 3.61. The zero-order valence-corrected chi connectivity index (χ0v) is 15.0. The van der Waals surface area contributed by atoms with Gasteiger partial charge in [0, 0.05) is 36.5 Å². The average Bonchev–Trinajstić information content (AvgIpc) is 2.49. The molecule has 0 aromatic heterocycles. The molecule has 1 atom stereocenters. The zero-order valence-electron chi connectivity index (χ0n) is 13.4. The molecule has 6 nitrogen and oxygen atoms in total. The average molecular weight is 364 g/mol. The Labute approximate surface area is 147 Å². The molecule has 1 aromatic carbocycles. The number of amides is 2. The highest BCUT2D eigenvalue weighted by Crippen LogP contribution is 2.30. The van der Waals surface area contributed by atoms with Crippen LogP contribution in [0, 0.1) is 12.8 Å². The summed E-state index contributed by atoms with van der Waals surface area (Å²) >= 11 is 6.01. The first-order valence-electron chi connectivity index (χ1n) is 7.00. The third kappa shape index (κ3) is 6.64. The summed E-state index contributed by atoms with van der Waals surface area (Å²) in [7, 11) is 1.51. The summed E-state index contributed by atoms with van der Waals surface area (Å²) in [5.41, 5.74) is 6.79. The monoisotopic (exact) mass is 363 g/mol. The molecule has 0 aliphatic heterocycles. The van der Waals surface area contributed by atoms with E-state index in [4.69, 9.17) is 22.1 Å². The van der Waals surface area contributed by atoms with E-state index >= 15 is 0 Å². The Morgan fingerprint density at radius 2 is 2.04 bits per heavy atom. The first-order chi connectivity index (χ1) is 10.4. The molecule has 130 valence electrons. The molecule has 8 heteroatoms. The maximum absolute atomic E-state index is 11.9. The SMILES string of the molecule is COc1cc(Cl)c(C)cc1NC(=O)CCNC(=O)C(C)CN.Cl. The van der Waals surface area contributed by atoms with E-state index in [1.165, 1.54) is 7.11 Å². The van der Waals surface area contributed by atoms with Crippen molar-refractivity contribution in [2.45, 2.75) is 20.3 Å². The molecule has 0 saturated carbocycles. The number of ether oxygens (including phenoxy) is 1. The molecule has 4 N–H and O–H groups in total. The van der Waals surface area contributed by atoms with E-state index < -0.39 is 0 Å². The van der Waals surface area contributed by atoms with Gasteiger partial charge in [0.05, 0.1) is 12.8 Å². The van der Waals surface area contributed by atoms with Crippen molar-refractivity contribution in [1.29, 1.82) is 0 Å². The Morgan fingerprint density at radius 1 is 1.39 bits per heavy atom. The Hall–Kier alpha value is -1.50. The molecule has 0 saturated heterocycles. The van der Waals surface area contributed by atoms with Crippen molar-refractivity contribution in [3.63, 3.8) is 0 Å². The second-order valence-electron chi connectivity index (χ2n) is 5.03. The van der Waals surface area contributed by atoms with Gasteiger partial charge in [0.2, 0.25) is 11.8 Å². The quantitative estimate of drug-likeness (QED) is 0.691. The summed E-state index contributed by atoms with van der Waals surface area (Å²) in [6.45, 7) is 4.10. The molecule has 1 aromatic rings. The second-order valence-corrected chi connectivity index (χ2v) is 5.43. The molecule has 23 heavy (non-hydrogen) atoms. The normalized spacial score (nSPS) is 11.2. The summed E-state index contributed by atoms with van der Waals surface area (Å²) < 4.78 is 5.19. The van der Waals surface area contributed by atoms with Crippen LogP contribution in [0.15, 0.2) is 12.1 Å². The summed E-state index contributed by atoms with van der Waals surface area (Å²) in [6, 6.07) is 3.39. The predicted octanol–water partition coefficient (Wildman–Crippen LogP) is 2.12. The molecule has 2 amide bonds. The van der Waals surface area contributed by atoms with Crippen molar-refractivity contribution in [1.82, 2.24) is 5.32 Å². The van der Waals surface area contributed by atoms with Crippen LogP contribution in [0.3, 0.4) is 0 Å². The number of halogens is 2. The van der Waals surface area contributed by atoms with E-state index in [1.54, 1.807) is 19.1 Å². The number of aryl methyl sites for hydroxylation is 1. The molecule has 0 spiro atoms. The highest BCUT2D eigenvalue weighted by molar-refractivity contribution is 6.31. The maximum atomic E-state index is 11.9. The van der Waals surface area contributed by atoms with Crippen LogP contribution in [0.5, 0.6) is 5.75 Å². The van der Waals surface area contributed by atoms with Crippen molar-refractivity contribution >= 4 is 41.5 Å². The van der Waals surface area contributed by atoms with Crippen LogP contribution in [0.4, 0.5) is 5.69 Å². The summed E-state index contributed by atoms with van der Waals surface area (Å²) in [4.78, 5) is 23.5. The fraction of sp³-hybridized carbons (Fsp3) is 0.467. The topological polar surface area (TPSA) is 93.5 Å². The number of nitrogens with two attached hydrogens (primary N) is 1. The van der Waals surface area contributed by atoms with Gasteiger partial charge >= 0.3 is 0 Å². The Kier molecular flexibility index (Phi) is 9.64. The van der Waals surface area contributed by atoms with Gasteiger partial charge in [-0.25, -0.2) is 0 Å². The zero-order chi connectivity index (χ0) is 16.7. The van der Waals surface area contributed by atoms with Crippen molar-refractivity contribution in [2.75, 3.05) is 25.5 Å². The second kappa shape index (κ2) is 10.3. The molecule has 0 aliphatic rings. The summed E-state index contributed by atoms with van der Waals surface area (Å²) in [5, 5.41) is 5.98. The minimum absolute atomic E-state index is 0. The van der Waals surface area contributed by atoms with Crippen LogP contribution in [0.1, 0.15) is 18.9 Å². The van der Waals surface area contributed by atoms with Gasteiger partial charge in [-0.1, -0.05) is 18.5 Å². The largest absolute Gasteiger partial charge is 0.495 e. The lowest BCUT2D eigenvalue weighted by molar-refractivity contribution is -0.124. The van der Waals surface area contributed by atoms with Crippen molar-refractivity contribution in [3.8, 4) is 5.75 Å². The fourth-order valence-electron chi connectivity index (χ4n) is 1.72. The molecular weight excluding hydrogens is 341 g/mol. The van der Waals surface area contributed by atoms with Gasteiger partial charge in [-0.2, -0.15) is 0 Å². The minimum atomic E-state index is -0.262. The van der Waals surface area contributed by atoms with Crippen molar-refractivity contribution in [3.05, 3.63) is 22.7 Å². The lowest BCUT2D eigenvalue weighted by Gasteiger charge is -2.13. The van der Waals surface area contributed by atoms with Crippen LogP contribution in [0.25, 0.3) is 0 Å². The number of benzene rings is 1. The number of carbonyl (C=O) groups excluding carboxylic acids is 2. The molecule has 0 fully saturated rings. The first kappa shape index (κ1) is 21.5. The lowest BCUT2D eigenvalue weighted by Crippen LogP contribution is -2.35. The molecule has 1 rings (SSSR count). The van der Waals surface area contributed by atoms with E-state index in [1.807, 2.05) is 6.92 Å². The highest BCUT2D eigenvalue weighted by atomic mass is 35.5. The number of carbonyl (C=O) groups is 2. The van der Waals surface area contributed by atoms with Crippen molar-refractivity contribution in [2.24, 2.45) is 11.7 Å². The van der Waals surface area contributed by atoms with Crippen LogP contribution >= 0.6 is 24.0 Å².